The second kappa shape index (κ2) is 5.67. The first-order valence-corrected chi connectivity index (χ1v) is 6.53. The van der Waals surface area contributed by atoms with Crippen molar-refractivity contribution in [2.75, 3.05) is 25.1 Å². The van der Waals surface area contributed by atoms with E-state index >= 15 is 0 Å². The summed E-state index contributed by atoms with van der Waals surface area (Å²) in [5.74, 6) is 0.607. The van der Waals surface area contributed by atoms with Crippen LogP contribution in [0.1, 0.15) is 32.1 Å². The van der Waals surface area contributed by atoms with Crippen molar-refractivity contribution in [3.05, 3.63) is 24.0 Å². The van der Waals surface area contributed by atoms with Crippen LogP contribution in [0, 0.1) is 5.92 Å². The highest BCUT2D eigenvalue weighted by Gasteiger charge is 2.26. The molecule has 1 aliphatic heterocycles. The lowest BCUT2D eigenvalue weighted by Crippen LogP contribution is -2.43. The molecule has 4 nitrogen and oxygen atoms in total. The SMILES string of the molecule is COC1CN(c2ccc(C(C)O)nc2)CCC1C. The van der Waals surface area contributed by atoms with E-state index in [1.54, 1.807) is 14.0 Å². The van der Waals surface area contributed by atoms with Crippen LogP contribution < -0.4 is 4.90 Å². The average molecular weight is 250 g/mol. The molecule has 0 aliphatic carbocycles. The molecule has 18 heavy (non-hydrogen) atoms. The van der Waals surface area contributed by atoms with Gasteiger partial charge in [0.1, 0.15) is 0 Å². The second-order valence-electron chi connectivity index (χ2n) is 5.10. The lowest BCUT2D eigenvalue weighted by Gasteiger charge is -2.37. The lowest BCUT2D eigenvalue weighted by atomic mass is 9.95. The molecule has 4 heteroatoms. The molecule has 0 radical (unpaired) electrons. The van der Waals surface area contributed by atoms with E-state index in [0.29, 0.717) is 11.6 Å². The van der Waals surface area contributed by atoms with Gasteiger partial charge in [-0.1, -0.05) is 6.92 Å². The van der Waals surface area contributed by atoms with Gasteiger partial charge in [0.25, 0.3) is 0 Å². The number of anilines is 1. The minimum Gasteiger partial charge on any atom is -0.387 e. The Bertz CT molecular complexity index is 378. The van der Waals surface area contributed by atoms with E-state index in [1.165, 1.54) is 0 Å². The molecule has 1 aliphatic rings. The number of nitrogens with zero attached hydrogens (tertiary/aromatic N) is 2. The lowest BCUT2D eigenvalue weighted by molar-refractivity contribution is 0.0498. The van der Waals surface area contributed by atoms with Crippen molar-refractivity contribution in [2.24, 2.45) is 5.92 Å². The molecule has 3 atom stereocenters. The van der Waals surface area contributed by atoms with Crippen LogP contribution >= 0.6 is 0 Å². The van der Waals surface area contributed by atoms with Gasteiger partial charge in [-0.3, -0.25) is 4.98 Å². The molecule has 0 spiro atoms. The standard InChI is InChI=1S/C14H22N2O2/c1-10-6-7-16(9-14(10)18-3)12-4-5-13(11(2)17)15-8-12/h4-5,8,10-11,14,17H,6-7,9H2,1-3H3. The number of rotatable bonds is 3. The van der Waals surface area contributed by atoms with Gasteiger partial charge in [-0.05, 0) is 31.4 Å². The van der Waals surface area contributed by atoms with Gasteiger partial charge in [0.15, 0.2) is 0 Å². The Hall–Kier alpha value is -1.13. The first kappa shape index (κ1) is 13.3. The fourth-order valence-corrected chi connectivity index (χ4v) is 2.41. The molecule has 2 rings (SSSR count). The summed E-state index contributed by atoms with van der Waals surface area (Å²) in [5, 5.41) is 9.44. The van der Waals surface area contributed by atoms with Gasteiger partial charge >= 0.3 is 0 Å². The van der Waals surface area contributed by atoms with Gasteiger partial charge in [0.2, 0.25) is 0 Å². The van der Waals surface area contributed by atoms with Gasteiger partial charge in [-0.25, -0.2) is 0 Å². The summed E-state index contributed by atoms with van der Waals surface area (Å²) in [6.07, 6.45) is 2.75. The van der Waals surface area contributed by atoms with Gasteiger partial charge < -0.3 is 14.7 Å². The molecule has 1 fully saturated rings. The van der Waals surface area contributed by atoms with E-state index in [1.807, 2.05) is 18.3 Å². The minimum atomic E-state index is -0.507. The third-order valence-corrected chi connectivity index (χ3v) is 3.76. The number of aliphatic hydroxyl groups excluding tert-OH is 1. The Kier molecular flexibility index (Phi) is 4.19. The molecule has 100 valence electrons. The number of methoxy groups -OCH3 is 1. The van der Waals surface area contributed by atoms with Crippen LogP contribution in [0.25, 0.3) is 0 Å². The third kappa shape index (κ3) is 2.82. The number of hydrogen-bond donors (Lipinski definition) is 1. The van der Waals surface area contributed by atoms with Crippen LogP contribution in [0.4, 0.5) is 5.69 Å². The van der Waals surface area contributed by atoms with E-state index in [9.17, 15) is 5.11 Å². The molecule has 1 aromatic heterocycles. The Morgan fingerprint density at radius 2 is 2.28 bits per heavy atom. The smallest absolute Gasteiger partial charge is 0.0931 e. The normalized spacial score (nSPS) is 26.1. The largest absolute Gasteiger partial charge is 0.387 e. The van der Waals surface area contributed by atoms with Crippen LogP contribution in [0.3, 0.4) is 0 Å². The number of ether oxygens (including phenoxy) is 1. The van der Waals surface area contributed by atoms with Crippen molar-refractivity contribution in [3.63, 3.8) is 0 Å². The molecule has 0 amide bonds. The van der Waals surface area contributed by atoms with Gasteiger partial charge in [0.05, 0.1) is 29.8 Å². The average Bonchev–Trinajstić information content (AvgIpc) is 2.39. The first-order valence-electron chi connectivity index (χ1n) is 6.53. The summed E-state index contributed by atoms with van der Waals surface area (Å²) in [4.78, 5) is 6.59. The maximum absolute atomic E-state index is 9.44. The predicted molar refractivity (Wildman–Crippen MR) is 71.7 cm³/mol. The predicted octanol–water partition coefficient (Wildman–Crippen LogP) is 2.00. The summed E-state index contributed by atoms with van der Waals surface area (Å²) in [7, 11) is 1.78. The molecule has 1 saturated heterocycles. The van der Waals surface area contributed by atoms with E-state index in [4.69, 9.17) is 4.74 Å². The molecule has 0 bridgehead atoms. The summed E-state index contributed by atoms with van der Waals surface area (Å²) >= 11 is 0. The molecule has 0 saturated carbocycles. The quantitative estimate of drug-likeness (QED) is 0.891. The maximum Gasteiger partial charge on any atom is 0.0931 e. The topological polar surface area (TPSA) is 45.6 Å². The van der Waals surface area contributed by atoms with E-state index in [2.05, 4.69) is 16.8 Å². The van der Waals surface area contributed by atoms with Crippen LogP contribution in [0.15, 0.2) is 18.3 Å². The van der Waals surface area contributed by atoms with E-state index in [0.717, 1.165) is 25.2 Å². The monoisotopic (exact) mass is 250 g/mol. The summed E-state index contributed by atoms with van der Waals surface area (Å²) in [6, 6.07) is 3.91. The van der Waals surface area contributed by atoms with Crippen LogP contribution in [-0.2, 0) is 4.74 Å². The van der Waals surface area contributed by atoms with Crippen molar-refractivity contribution in [3.8, 4) is 0 Å². The van der Waals surface area contributed by atoms with Gasteiger partial charge in [0, 0.05) is 20.2 Å². The van der Waals surface area contributed by atoms with E-state index < -0.39 is 6.10 Å². The zero-order chi connectivity index (χ0) is 13.1. The Morgan fingerprint density at radius 1 is 1.50 bits per heavy atom. The van der Waals surface area contributed by atoms with Crippen molar-refractivity contribution >= 4 is 5.69 Å². The minimum absolute atomic E-state index is 0.287. The van der Waals surface area contributed by atoms with E-state index in [-0.39, 0.29) is 6.10 Å². The highest BCUT2D eigenvalue weighted by Crippen LogP contribution is 2.24. The highest BCUT2D eigenvalue weighted by atomic mass is 16.5. The fourth-order valence-electron chi connectivity index (χ4n) is 2.41. The first-order chi connectivity index (χ1) is 8.61. The molecule has 0 aromatic carbocycles. The Labute approximate surface area is 109 Å². The molecular formula is C14H22N2O2. The number of pyridine rings is 1. The zero-order valence-corrected chi connectivity index (χ0v) is 11.3. The number of aromatic nitrogens is 1. The van der Waals surface area contributed by atoms with Crippen LogP contribution in [-0.4, -0.2) is 36.4 Å². The third-order valence-electron chi connectivity index (χ3n) is 3.76. The Morgan fingerprint density at radius 3 is 2.83 bits per heavy atom. The number of piperidine rings is 1. The van der Waals surface area contributed by atoms with Crippen molar-refractivity contribution < 1.29 is 9.84 Å². The maximum atomic E-state index is 9.44. The fraction of sp³-hybridized carbons (Fsp3) is 0.643. The summed E-state index contributed by atoms with van der Waals surface area (Å²) in [6.45, 7) is 5.91. The molecule has 1 N–H and O–H groups in total. The van der Waals surface area contributed by atoms with Crippen LogP contribution in [0.5, 0.6) is 0 Å². The highest BCUT2D eigenvalue weighted by molar-refractivity contribution is 5.45. The zero-order valence-electron chi connectivity index (χ0n) is 11.3. The molecular weight excluding hydrogens is 228 g/mol. The summed E-state index contributed by atoms with van der Waals surface area (Å²) in [5.41, 5.74) is 1.82. The van der Waals surface area contributed by atoms with Crippen LogP contribution in [0.2, 0.25) is 0 Å². The molecule has 1 aromatic rings. The molecule has 3 unspecified atom stereocenters. The van der Waals surface area contributed by atoms with Gasteiger partial charge in [-0.2, -0.15) is 0 Å². The van der Waals surface area contributed by atoms with Crippen molar-refractivity contribution in [1.29, 1.82) is 0 Å². The van der Waals surface area contributed by atoms with Gasteiger partial charge in [-0.15, -0.1) is 0 Å². The summed E-state index contributed by atoms with van der Waals surface area (Å²) < 4.78 is 5.52. The Balaban J connectivity index is 2.07. The van der Waals surface area contributed by atoms with Crippen molar-refractivity contribution in [2.45, 2.75) is 32.5 Å². The van der Waals surface area contributed by atoms with Crippen molar-refractivity contribution in [1.82, 2.24) is 4.98 Å². The second-order valence-corrected chi connectivity index (χ2v) is 5.10. The number of aliphatic hydroxyl groups is 1. The molecule has 2 heterocycles. The number of hydrogen-bond acceptors (Lipinski definition) is 4.